The number of piperazine rings is 1. The van der Waals surface area contributed by atoms with Gasteiger partial charge in [-0.1, -0.05) is 6.07 Å². The van der Waals surface area contributed by atoms with E-state index in [4.69, 9.17) is 4.74 Å². The average Bonchev–Trinajstić information content (AvgIpc) is 2.70. The van der Waals surface area contributed by atoms with Gasteiger partial charge in [-0.25, -0.2) is 8.78 Å². The zero-order chi connectivity index (χ0) is 20.8. The van der Waals surface area contributed by atoms with E-state index in [-0.39, 0.29) is 36.3 Å². The smallest absolute Gasteiger partial charge is 0.238 e. The number of carbonyl (C=O) groups excluding carboxylic acids is 2. The normalized spacial score (nSPS) is 14.5. The van der Waals surface area contributed by atoms with Crippen LogP contribution in [0.4, 0.5) is 14.5 Å². The van der Waals surface area contributed by atoms with Crippen LogP contribution in [-0.4, -0.2) is 61.4 Å². The Kier molecular flexibility index (Phi) is 6.77. The number of halogens is 2. The SMILES string of the molecule is COc1ccc(CC(=O)N2CCN(CC(=O)Nc3ccc(F)cc3)CC2)cc1F. The summed E-state index contributed by atoms with van der Waals surface area (Å²) in [6.07, 6.45) is 0.117. The topological polar surface area (TPSA) is 61.9 Å². The van der Waals surface area contributed by atoms with E-state index in [1.807, 2.05) is 4.90 Å². The van der Waals surface area contributed by atoms with Gasteiger partial charge in [0.15, 0.2) is 11.6 Å². The maximum absolute atomic E-state index is 13.8. The van der Waals surface area contributed by atoms with Crippen LogP contribution in [0.1, 0.15) is 5.56 Å². The molecule has 0 aliphatic carbocycles. The highest BCUT2D eigenvalue weighted by atomic mass is 19.1. The van der Waals surface area contributed by atoms with Crippen LogP contribution in [-0.2, 0) is 16.0 Å². The lowest BCUT2D eigenvalue weighted by Gasteiger charge is -2.34. The van der Waals surface area contributed by atoms with Crippen molar-refractivity contribution in [3.05, 3.63) is 59.7 Å². The summed E-state index contributed by atoms with van der Waals surface area (Å²) >= 11 is 0. The van der Waals surface area contributed by atoms with Gasteiger partial charge < -0.3 is 15.0 Å². The van der Waals surface area contributed by atoms with Crippen molar-refractivity contribution in [2.45, 2.75) is 6.42 Å². The molecule has 1 fully saturated rings. The molecule has 0 radical (unpaired) electrons. The van der Waals surface area contributed by atoms with Gasteiger partial charge in [-0.3, -0.25) is 14.5 Å². The molecule has 29 heavy (non-hydrogen) atoms. The molecule has 0 saturated carbocycles. The second-order valence-electron chi connectivity index (χ2n) is 6.86. The highest BCUT2D eigenvalue weighted by Gasteiger charge is 2.22. The maximum atomic E-state index is 13.8. The molecule has 3 rings (SSSR count). The van der Waals surface area contributed by atoms with E-state index in [1.165, 1.54) is 43.5 Å². The molecule has 2 aromatic carbocycles. The Morgan fingerprint density at radius 2 is 1.72 bits per heavy atom. The molecule has 1 aliphatic heterocycles. The van der Waals surface area contributed by atoms with Gasteiger partial charge in [0.05, 0.1) is 20.1 Å². The Balaban J connectivity index is 1.44. The van der Waals surface area contributed by atoms with Crippen LogP contribution in [0.15, 0.2) is 42.5 Å². The number of amides is 2. The van der Waals surface area contributed by atoms with Crippen molar-refractivity contribution in [3.8, 4) is 5.75 Å². The largest absolute Gasteiger partial charge is 0.494 e. The number of nitrogens with one attached hydrogen (secondary N) is 1. The number of benzene rings is 2. The van der Waals surface area contributed by atoms with Crippen LogP contribution in [0.2, 0.25) is 0 Å². The molecule has 1 heterocycles. The Bertz CT molecular complexity index is 866. The zero-order valence-corrected chi connectivity index (χ0v) is 16.2. The fraction of sp³-hybridized carbons (Fsp3) is 0.333. The summed E-state index contributed by atoms with van der Waals surface area (Å²) in [7, 11) is 1.39. The van der Waals surface area contributed by atoms with Gasteiger partial charge in [-0.05, 0) is 42.0 Å². The molecule has 2 amide bonds. The fourth-order valence-electron chi connectivity index (χ4n) is 3.20. The average molecular weight is 403 g/mol. The van der Waals surface area contributed by atoms with Gasteiger partial charge in [-0.15, -0.1) is 0 Å². The molecule has 2 aromatic rings. The molecule has 8 heteroatoms. The molecule has 154 valence electrons. The van der Waals surface area contributed by atoms with Crippen LogP contribution in [0, 0.1) is 11.6 Å². The van der Waals surface area contributed by atoms with Gasteiger partial charge in [0.1, 0.15) is 5.82 Å². The summed E-state index contributed by atoms with van der Waals surface area (Å²) in [5.74, 6) is -0.972. The summed E-state index contributed by atoms with van der Waals surface area (Å²) in [5, 5.41) is 2.72. The first-order valence-electron chi connectivity index (χ1n) is 9.32. The van der Waals surface area contributed by atoms with Gasteiger partial charge in [-0.2, -0.15) is 0 Å². The number of anilines is 1. The summed E-state index contributed by atoms with van der Waals surface area (Å²) in [4.78, 5) is 28.3. The molecule has 1 N–H and O–H groups in total. The molecular weight excluding hydrogens is 380 g/mol. The molecule has 0 spiro atoms. The first-order valence-corrected chi connectivity index (χ1v) is 9.32. The lowest BCUT2D eigenvalue weighted by atomic mass is 10.1. The summed E-state index contributed by atoms with van der Waals surface area (Å²) in [6, 6.07) is 10.1. The summed E-state index contributed by atoms with van der Waals surface area (Å²) in [6.45, 7) is 2.34. The Hall–Kier alpha value is -3.00. The first kappa shape index (κ1) is 20.7. The van der Waals surface area contributed by atoms with Gasteiger partial charge >= 0.3 is 0 Å². The Labute approximate surface area is 168 Å². The van der Waals surface area contributed by atoms with Crippen LogP contribution in [0.25, 0.3) is 0 Å². The van der Waals surface area contributed by atoms with E-state index in [1.54, 1.807) is 11.0 Å². The minimum atomic E-state index is -0.491. The van der Waals surface area contributed by atoms with Crippen molar-refractivity contribution in [2.75, 3.05) is 45.2 Å². The first-order chi connectivity index (χ1) is 13.9. The van der Waals surface area contributed by atoms with Crippen molar-refractivity contribution in [1.82, 2.24) is 9.80 Å². The van der Waals surface area contributed by atoms with Gasteiger partial charge in [0, 0.05) is 31.9 Å². The fourth-order valence-corrected chi connectivity index (χ4v) is 3.20. The van der Waals surface area contributed by atoms with Crippen molar-refractivity contribution >= 4 is 17.5 Å². The Morgan fingerprint density at radius 1 is 1.03 bits per heavy atom. The van der Waals surface area contributed by atoms with Crippen LogP contribution in [0.3, 0.4) is 0 Å². The quantitative estimate of drug-likeness (QED) is 0.804. The number of methoxy groups -OCH3 is 1. The number of hydrogen-bond donors (Lipinski definition) is 1. The molecular formula is C21H23F2N3O3. The van der Waals surface area contributed by atoms with Crippen LogP contribution < -0.4 is 10.1 Å². The summed E-state index contributed by atoms with van der Waals surface area (Å²) in [5.41, 5.74) is 1.13. The molecule has 6 nitrogen and oxygen atoms in total. The second-order valence-corrected chi connectivity index (χ2v) is 6.86. The number of nitrogens with zero attached hydrogens (tertiary/aromatic N) is 2. The Morgan fingerprint density at radius 3 is 2.34 bits per heavy atom. The number of rotatable bonds is 6. The van der Waals surface area contributed by atoms with E-state index in [0.717, 1.165) is 0 Å². The monoisotopic (exact) mass is 403 g/mol. The van der Waals surface area contributed by atoms with Crippen molar-refractivity contribution in [1.29, 1.82) is 0 Å². The van der Waals surface area contributed by atoms with E-state index in [9.17, 15) is 18.4 Å². The van der Waals surface area contributed by atoms with Gasteiger partial charge in [0.25, 0.3) is 0 Å². The molecule has 1 aliphatic rings. The van der Waals surface area contributed by atoms with Crippen molar-refractivity contribution in [3.63, 3.8) is 0 Å². The molecule has 1 saturated heterocycles. The van der Waals surface area contributed by atoms with E-state index < -0.39 is 5.82 Å². The van der Waals surface area contributed by atoms with Crippen molar-refractivity contribution in [2.24, 2.45) is 0 Å². The number of ether oxygens (including phenoxy) is 1. The number of hydrogen-bond acceptors (Lipinski definition) is 4. The highest BCUT2D eigenvalue weighted by molar-refractivity contribution is 5.92. The number of carbonyl (C=O) groups is 2. The summed E-state index contributed by atoms with van der Waals surface area (Å²) < 4.78 is 31.6. The predicted molar refractivity (Wildman–Crippen MR) is 105 cm³/mol. The predicted octanol–water partition coefficient (Wildman–Crippen LogP) is 2.30. The zero-order valence-electron chi connectivity index (χ0n) is 16.2. The molecule has 0 bridgehead atoms. The minimum Gasteiger partial charge on any atom is -0.494 e. The maximum Gasteiger partial charge on any atom is 0.238 e. The highest BCUT2D eigenvalue weighted by Crippen LogP contribution is 2.18. The molecule has 0 atom stereocenters. The van der Waals surface area contributed by atoms with E-state index >= 15 is 0 Å². The third-order valence-electron chi connectivity index (χ3n) is 4.79. The molecule has 0 aromatic heterocycles. The lowest BCUT2D eigenvalue weighted by Crippen LogP contribution is -2.50. The third-order valence-corrected chi connectivity index (χ3v) is 4.79. The molecule has 0 unspecified atom stereocenters. The van der Waals surface area contributed by atoms with E-state index in [2.05, 4.69) is 5.32 Å². The van der Waals surface area contributed by atoms with Crippen molar-refractivity contribution < 1.29 is 23.1 Å². The van der Waals surface area contributed by atoms with Crippen LogP contribution >= 0.6 is 0 Å². The minimum absolute atomic E-state index is 0.0787. The third kappa shape index (κ3) is 5.74. The lowest BCUT2D eigenvalue weighted by molar-refractivity contribution is -0.132. The van der Waals surface area contributed by atoms with Gasteiger partial charge in [0.2, 0.25) is 11.8 Å². The standard InChI is InChI=1S/C21H23F2N3O3/c1-29-19-7-2-15(12-18(19)23)13-21(28)26-10-8-25(9-11-26)14-20(27)24-17-5-3-16(22)4-6-17/h2-7,12H,8-11,13-14H2,1H3,(H,24,27). The second kappa shape index (κ2) is 9.47. The van der Waals surface area contributed by atoms with E-state index in [0.29, 0.717) is 37.4 Å². The van der Waals surface area contributed by atoms with Crippen LogP contribution in [0.5, 0.6) is 5.75 Å².